The highest BCUT2D eigenvalue weighted by atomic mass is 16.5. The third-order valence-electron chi connectivity index (χ3n) is 2.98. The number of unbranched alkanes of at least 4 members (excludes halogenated alkanes) is 1. The fraction of sp³-hybridized carbons (Fsp3) is 0.917. The van der Waals surface area contributed by atoms with Crippen LogP contribution in [0.3, 0.4) is 0 Å². The van der Waals surface area contributed by atoms with E-state index < -0.39 is 0 Å². The number of aliphatic imine (C=N–C) groups is 1. The van der Waals surface area contributed by atoms with Gasteiger partial charge in [-0.1, -0.05) is 13.3 Å². The molecule has 0 amide bonds. The molecular weight excluding hydrogens is 202 g/mol. The van der Waals surface area contributed by atoms with E-state index in [1.165, 1.54) is 19.3 Å². The molecule has 94 valence electrons. The van der Waals surface area contributed by atoms with Gasteiger partial charge in [-0.15, -0.1) is 0 Å². The van der Waals surface area contributed by atoms with Crippen molar-refractivity contribution in [2.45, 2.75) is 45.1 Å². The van der Waals surface area contributed by atoms with Crippen LogP contribution < -0.4 is 10.6 Å². The first kappa shape index (κ1) is 13.3. The first-order valence-electron chi connectivity index (χ1n) is 6.28. The molecule has 0 bridgehead atoms. The molecule has 1 aliphatic rings. The van der Waals surface area contributed by atoms with Gasteiger partial charge < -0.3 is 15.4 Å². The van der Waals surface area contributed by atoms with Crippen LogP contribution >= 0.6 is 0 Å². The predicted molar refractivity (Wildman–Crippen MR) is 67.9 cm³/mol. The maximum absolute atomic E-state index is 5.72. The molecule has 16 heavy (non-hydrogen) atoms. The van der Waals surface area contributed by atoms with Crippen molar-refractivity contribution in [2.24, 2.45) is 4.99 Å². The Bertz CT molecular complexity index is 222. The zero-order valence-corrected chi connectivity index (χ0v) is 10.8. The average Bonchev–Trinajstić information content (AvgIpc) is 2.71. The Balaban J connectivity index is 2.23. The molecule has 1 saturated heterocycles. The summed E-state index contributed by atoms with van der Waals surface area (Å²) in [5.41, 5.74) is -0.0115. The molecule has 0 aliphatic carbocycles. The van der Waals surface area contributed by atoms with E-state index in [0.717, 1.165) is 32.1 Å². The Kier molecular flexibility index (Phi) is 5.60. The van der Waals surface area contributed by atoms with Crippen LogP contribution in [0, 0.1) is 0 Å². The Morgan fingerprint density at radius 3 is 2.81 bits per heavy atom. The summed E-state index contributed by atoms with van der Waals surface area (Å²) in [6, 6.07) is 0. The van der Waals surface area contributed by atoms with Crippen LogP contribution in [0.1, 0.15) is 39.5 Å². The van der Waals surface area contributed by atoms with Crippen molar-refractivity contribution in [1.29, 1.82) is 0 Å². The minimum atomic E-state index is -0.0115. The molecule has 1 atom stereocenters. The van der Waals surface area contributed by atoms with Gasteiger partial charge >= 0.3 is 0 Å². The molecule has 2 N–H and O–H groups in total. The first-order valence-corrected chi connectivity index (χ1v) is 6.28. The van der Waals surface area contributed by atoms with Crippen molar-refractivity contribution in [3.05, 3.63) is 0 Å². The maximum atomic E-state index is 5.72. The molecule has 1 aliphatic heterocycles. The van der Waals surface area contributed by atoms with Gasteiger partial charge in [0.05, 0.1) is 5.60 Å². The molecule has 0 aromatic heterocycles. The van der Waals surface area contributed by atoms with Crippen LogP contribution in [0.5, 0.6) is 0 Å². The predicted octanol–water partition coefficient (Wildman–Crippen LogP) is 1.52. The summed E-state index contributed by atoms with van der Waals surface area (Å²) in [6.45, 7) is 7.05. The minimum Gasteiger partial charge on any atom is -0.373 e. The molecule has 1 heterocycles. The molecule has 0 saturated carbocycles. The summed E-state index contributed by atoms with van der Waals surface area (Å²) in [6.07, 6.45) is 4.67. The molecule has 4 nitrogen and oxygen atoms in total. The molecule has 1 fully saturated rings. The highest BCUT2D eigenvalue weighted by molar-refractivity contribution is 5.79. The Morgan fingerprint density at radius 1 is 1.44 bits per heavy atom. The second-order valence-electron chi connectivity index (χ2n) is 4.61. The van der Waals surface area contributed by atoms with Crippen molar-refractivity contribution in [3.8, 4) is 0 Å². The molecule has 1 rings (SSSR count). The number of guanidine groups is 1. The third kappa shape index (κ3) is 4.39. The number of hydrogen-bond acceptors (Lipinski definition) is 2. The van der Waals surface area contributed by atoms with Gasteiger partial charge in [0, 0.05) is 26.7 Å². The Labute approximate surface area is 98.9 Å². The third-order valence-corrected chi connectivity index (χ3v) is 2.98. The zero-order chi connectivity index (χ0) is 11.9. The fourth-order valence-electron chi connectivity index (χ4n) is 1.85. The van der Waals surface area contributed by atoms with Crippen LogP contribution in [0.4, 0.5) is 0 Å². The standard InChI is InChI=1S/C12H25N3O/c1-4-5-8-14-11(13-3)15-10-12(2)7-6-9-16-12/h4-10H2,1-3H3,(H2,13,14,15). The van der Waals surface area contributed by atoms with Gasteiger partial charge in [0.15, 0.2) is 5.96 Å². The van der Waals surface area contributed by atoms with E-state index in [-0.39, 0.29) is 5.60 Å². The van der Waals surface area contributed by atoms with Crippen molar-refractivity contribution in [3.63, 3.8) is 0 Å². The molecule has 4 heteroatoms. The topological polar surface area (TPSA) is 45.7 Å². The summed E-state index contributed by atoms with van der Waals surface area (Å²) in [4.78, 5) is 4.19. The lowest BCUT2D eigenvalue weighted by atomic mass is 10.0. The highest BCUT2D eigenvalue weighted by Crippen LogP contribution is 2.23. The number of rotatable bonds is 5. The van der Waals surface area contributed by atoms with Gasteiger partial charge in [-0.3, -0.25) is 4.99 Å². The normalized spacial score (nSPS) is 25.8. The van der Waals surface area contributed by atoms with E-state index in [0.29, 0.717) is 0 Å². The Hall–Kier alpha value is -0.770. The van der Waals surface area contributed by atoms with Crippen LogP contribution in [0.2, 0.25) is 0 Å². The summed E-state index contributed by atoms with van der Waals surface area (Å²) in [5.74, 6) is 0.880. The summed E-state index contributed by atoms with van der Waals surface area (Å²) >= 11 is 0. The molecule has 0 radical (unpaired) electrons. The summed E-state index contributed by atoms with van der Waals surface area (Å²) < 4.78 is 5.72. The van der Waals surface area contributed by atoms with Gasteiger partial charge in [0.2, 0.25) is 0 Å². The zero-order valence-electron chi connectivity index (χ0n) is 10.8. The van der Waals surface area contributed by atoms with Crippen molar-refractivity contribution < 1.29 is 4.74 Å². The van der Waals surface area contributed by atoms with Crippen molar-refractivity contribution >= 4 is 5.96 Å². The minimum absolute atomic E-state index is 0.0115. The van der Waals surface area contributed by atoms with E-state index >= 15 is 0 Å². The van der Waals surface area contributed by atoms with Gasteiger partial charge in [0.1, 0.15) is 0 Å². The van der Waals surface area contributed by atoms with E-state index in [9.17, 15) is 0 Å². The largest absolute Gasteiger partial charge is 0.373 e. The van der Waals surface area contributed by atoms with E-state index in [4.69, 9.17) is 4.74 Å². The van der Waals surface area contributed by atoms with Gasteiger partial charge in [-0.25, -0.2) is 0 Å². The molecule has 1 unspecified atom stereocenters. The molecule has 0 spiro atoms. The monoisotopic (exact) mass is 227 g/mol. The second kappa shape index (κ2) is 6.74. The van der Waals surface area contributed by atoms with Crippen molar-refractivity contribution in [2.75, 3.05) is 26.7 Å². The average molecular weight is 227 g/mol. The molecule has 0 aromatic carbocycles. The summed E-state index contributed by atoms with van der Waals surface area (Å²) in [5, 5.41) is 6.62. The Morgan fingerprint density at radius 2 is 2.25 bits per heavy atom. The lowest BCUT2D eigenvalue weighted by molar-refractivity contribution is 0.0243. The van der Waals surface area contributed by atoms with E-state index in [2.05, 4.69) is 29.5 Å². The van der Waals surface area contributed by atoms with Crippen LogP contribution in [0.15, 0.2) is 4.99 Å². The van der Waals surface area contributed by atoms with Crippen LogP contribution in [-0.2, 0) is 4.74 Å². The van der Waals surface area contributed by atoms with Gasteiger partial charge in [-0.2, -0.15) is 0 Å². The number of ether oxygens (including phenoxy) is 1. The number of nitrogens with one attached hydrogen (secondary N) is 2. The van der Waals surface area contributed by atoms with Gasteiger partial charge in [0.25, 0.3) is 0 Å². The first-order chi connectivity index (χ1) is 7.70. The smallest absolute Gasteiger partial charge is 0.191 e. The SMILES string of the molecule is CCCCNC(=NC)NCC1(C)CCCO1. The quantitative estimate of drug-likeness (QED) is 0.425. The van der Waals surface area contributed by atoms with Gasteiger partial charge in [-0.05, 0) is 26.2 Å². The lowest BCUT2D eigenvalue weighted by Crippen LogP contribution is -2.45. The summed E-state index contributed by atoms with van der Waals surface area (Å²) in [7, 11) is 1.80. The maximum Gasteiger partial charge on any atom is 0.191 e. The van der Waals surface area contributed by atoms with Crippen LogP contribution in [-0.4, -0.2) is 38.3 Å². The lowest BCUT2D eigenvalue weighted by Gasteiger charge is -2.24. The number of hydrogen-bond donors (Lipinski definition) is 2. The number of nitrogens with zero attached hydrogens (tertiary/aromatic N) is 1. The highest BCUT2D eigenvalue weighted by Gasteiger charge is 2.29. The second-order valence-corrected chi connectivity index (χ2v) is 4.61. The molecular formula is C12H25N3O. The van der Waals surface area contributed by atoms with Crippen molar-refractivity contribution in [1.82, 2.24) is 10.6 Å². The fourth-order valence-corrected chi connectivity index (χ4v) is 1.85. The van der Waals surface area contributed by atoms with E-state index in [1.54, 1.807) is 7.05 Å². The molecule has 0 aromatic rings. The van der Waals surface area contributed by atoms with E-state index in [1.807, 2.05) is 0 Å². The van der Waals surface area contributed by atoms with Crippen LogP contribution in [0.25, 0.3) is 0 Å².